The maximum Gasteiger partial charge on any atom is 0.224 e. The fourth-order valence-electron chi connectivity index (χ4n) is 1.52. The molecule has 82 valence electrons. The van der Waals surface area contributed by atoms with Crippen molar-refractivity contribution in [3.63, 3.8) is 0 Å². The van der Waals surface area contributed by atoms with Crippen LogP contribution in [0, 0.1) is 0 Å². The Kier molecular flexibility index (Phi) is 3.10. The molecule has 0 aliphatic rings. The van der Waals surface area contributed by atoms with Gasteiger partial charge in [-0.1, -0.05) is 6.07 Å². The average Bonchev–Trinajstić information content (AvgIpc) is 2.36. The van der Waals surface area contributed by atoms with E-state index in [9.17, 15) is 4.79 Å². The van der Waals surface area contributed by atoms with Gasteiger partial charge in [0.2, 0.25) is 5.88 Å². The molecule has 4 heteroatoms. The number of carbonyl (C=O) groups is 1. The van der Waals surface area contributed by atoms with Crippen LogP contribution in [0.25, 0.3) is 10.9 Å². The first-order chi connectivity index (χ1) is 7.78. The fraction of sp³-hybridized carbons (Fsp3) is 0.167. The van der Waals surface area contributed by atoms with Crippen LogP contribution in [0.1, 0.15) is 10.4 Å². The van der Waals surface area contributed by atoms with Crippen LogP contribution in [0.15, 0.2) is 29.2 Å². The molecule has 0 aliphatic heterocycles. The average molecular weight is 233 g/mol. The molecule has 0 saturated carbocycles. The summed E-state index contributed by atoms with van der Waals surface area (Å²) in [6, 6.07) is 7.74. The Labute approximate surface area is 97.8 Å². The van der Waals surface area contributed by atoms with Crippen molar-refractivity contribution in [1.29, 1.82) is 0 Å². The number of hydrogen-bond donors (Lipinski definition) is 0. The van der Waals surface area contributed by atoms with Crippen LogP contribution in [0.5, 0.6) is 5.88 Å². The zero-order chi connectivity index (χ0) is 11.5. The molecule has 0 amide bonds. The summed E-state index contributed by atoms with van der Waals surface area (Å²) >= 11 is 1.66. The number of methoxy groups -OCH3 is 1. The van der Waals surface area contributed by atoms with Crippen molar-refractivity contribution in [2.24, 2.45) is 0 Å². The van der Waals surface area contributed by atoms with Gasteiger partial charge in [0, 0.05) is 10.3 Å². The van der Waals surface area contributed by atoms with Crippen LogP contribution in [0.3, 0.4) is 0 Å². The van der Waals surface area contributed by atoms with Gasteiger partial charge in [0.05, 0.1) is 18.2 Å². The first kappa shape index (κ1) is 11.0. The third kappa shape index (κ3) is 1.88. The second-order valence-electron chi connectivity index (χ2n) is 3.26. The van der Waals surface area contributed by atoms with E-state index in [0.29, 0.717) is 11.4 Å². The Hall–Kier alpha value is -1.55. The van der Waals surface area contributed by atoms with Crippen molar-refractivity contribution < 1.29 is 9.53 Å². The molecule has 2 rings (SSSR count). The number of aldehydes is 1. The number of aromatic nitrogens is 1. The monoisotopic (exact) mass is 233 g/mol. The second kappa shape index (κ2) is 4.53. The third-order valence-electron chi connectivity index (χ3n) is 2.34. The lowest BCUT2D eigenvalue weighted by Crippen LogP contribution is -1.94. The van der Waals surface area contributed by atoms with E-state index in [1.807, 2.05) is 24.5 Å². The maximum absolute atomic E-state index is 10.8. The summed E-state index contributed by atoms with van der Waals surface area (Å²) in [4.78, 5) is 16.3. The van der Waals surface area contributed by atoms with Gasteiger partial charge in [0.25, 0.3) is 0 Å². The number of nitrogens with zero attached hydrogens (tertiary/aromatic N) is 1. The van der Waals surface area contributed by atoms with Crippen molar-refractivity contribution in [1.82, 2.24) is 4.98 Å². The normalized spacial score (nSPS) is 10.4. The number of carbonyl (C=O) groups excluding carboxylic acids is 1. The van der Waals surface area contributed by atoms with E-state index in [1.54, 1.807) is 17.8 Å². The summed E-state index contributed by atoms with van der Waals surface area (Å²) in [5, 5.41) is 0.945. The highest BCUT2D eigenvalue weighted by atomic mass is 32.2. The number of hydrogen-bond acceptors (Lipinski definition) is 4. The molecule has 0 radical (unpaired) electrons. The van der Waals surface area contributed by atoms with E-state index in [0.717, 1.165) is 22.1 Å². The van der Waals surface area contributed by atoms with Crippen molar-refractivity contribution in [3.05, 3.63) is 29.8 Å². The summed E-state index contributed by atoms with van der Waals surface area (Å²) in [6.07, 6.45) is 2.77. The molecule has 1 aromatic carbocycles. The molecule has 1 aromatic heterocycles. The Morgan fingerprint density at radius 1 is 1.38 bits per heavy atom. The topological polar surface area (TPSA) is 39.2 Å². The zero-order valence-corrected chi connectivity index (χ0v) is 9.88. The molecule has 0 aliphatic carbocycles. The molecule has 16 heavy (non-hydrogen) atoms. The Morgan fingerprint density at radius 3 is 2.81 bits per heavy atom. The van der Waals surface area contributed by atoms with E-state index >= 15 is 0 Å². The van der Waals surface area contributed by atoms with Gasteiger partial charge in [-0.05, 0) is 24.5 Å². The van der Waals surface area contributed by atoms with Crippen molar-refractivity contribution in [2.45, 2.75) is 4.90 Å². The quantitative estimate of drug-likeness (QED) is 0.603. The van der Waals surface area contributed by atoms with Crippen LogP contribution in [-0.4, -0.2) is 24.6 Å². The lowest BCUT2D eigenvalue weighted by Gasteiger charge is -2.05. The molecule has 3 nitrogen and oxygen atoms in total. The van der Waals surface area contributed by atoms with E-state index < -0.39 is 0 Å². The molecule has 0 unspecified atom stereocenters. The van der Waals surface area contributed by atoms with E-state index in [1.165, 1.54) is 7.11 Å². The van der Waals surface area contributed by atoms with Gasteiger partial charge < -0.3 is 4.74 Å². The standard InChI is InChI=1S/C12H11NO2S/c1-15-12-9(7-14)5-8-3-4-10(16-2)6-11(8)13-12/h3-7H,1-2H3. The smallest absolute Gasteiger partial charge is 0.224 e. The fourth-order valence-corrected chi connectivity index (χ4v) is 1.95. The van der Waals surface area contributed by atoms with Crippen LogP contribution in [0.2, 0.25) is 0 Å². The number of fused-ring (bicyclic) bond motifs is 1. The van der Waals surface area contributed by atoms with E-state index in [4.69, 9.17) is 4.74 Å². The molecule has 1 heterocycles. The van der Waals surface area contributed by atoms with Crippen molar-refractivity contribution >= 4 is 29.0 Å². The first-order valence-electron chi connectivity index (χ1n) is 4.76. The minimum Gasteiger partial charge on any atom is -0.480 e. The summed E-state index contributed by atoms with van der Waals surface area (Å²) in [5.74, 6) is 0.376. The van der Waals surface area contributed by atoms with Crippen molar-refractivity contribution in [3.8, 4) is 5.88 Å². The van der Waals surface area contributed by atoms with Gasteiger partial charge in [-0.15, -0.1) is 11.8 Å². The van der Waals surface area contributed by atoms with Crippen LogP contribution < -0.4 is 4.74 Å². The van der Waals surface area contributed by atoms with Crippen LogP contribution >= 0.6 is 11.8 Å². The second-order valence-corrected chi connectivity index (χ2v) is 4.14. The Bertz CT molecular complexity index is 540. The largest absolute Gasteiger partial charge is 0.480 e. The highest BCUT2D eigenvalue weighted by Crippen LogP contribution is 2.24. The summed E-state index contributed by atoms with van der Waals surface area (Å²) in [5.41, 5.74) is 1.32. The Balaban J connectivity index is 2.68. The molecule has 0 fully saturated rings. The van der Waals surface area contributed by atoms with Gasteiger partial charge in [-0.3, -0.25) is 4.79 Å². The Morgan fingerprint density at radius 2 is 2.19 bits per heavy atom. The highest BCUT2D eigenvalue weighted by molar-refractivity contribution is 7.98. The van der Waals surface area contributed by atoms with Crippen molar-refractivity contribution in [2.75, 3.05) is 13.4 Å². The highest BCUT2D eigenvalue weighted by Gasteiger charge is 2.06. The summed E-state index contributed by atoms with van der Waals surface area (Å²) in [7, 11) is 1.51. The first-order valence-corrected chi connectivity index (χ1v) is 5.99. The van der Waals surface area contributed by atoms with Gasteiger partial charge in [0.15, 0.2) is 6.29 Å². The number of ether oxygens (including phenoxy) is 1. The van der Waals surface area contributed by atoms with Gasteiger partial charge in [-0.2, -0.15) is 0 Å². The van der Waals surface area contributed by atoms with E-state index in [-0.39, 0.29) is 0 Å². The third-order valence-corrected chi connectivity index (χ3v) is 3.06. The predicted octanol–water partition coefficient (Wildman–Crippen LogP) is 2.78. The maximum atomic E-state index is 10.8. The lowest BCUT2D eigenvalue weighted by molar-refractivity contribution is 0.112. The van der Waals surface area contributed by atoms with Gasteiger partial charge in [-0.25, -0.2) is 4.98 Å². The van der Waals surface area contributed by atoms with Gasteiger partial charge in [0.1, 0.15) is 0 Å². The molecular formula is C12H11NO2S. The predicted molar refractivity (Wildman–Crippen MR) is 65.5 cm³/mol. The molecule has 0 bridgehead atoms. The minimum atomic E-state index is 0.376. The molecule has 0 spiro atoms. The van der Waals surface area contributed by atoms with E-state index in [2.05, 4.69) is 4.98 Å². The number of thioether (sulfide) groups is 1. The minimum absolute atomic E-state index is 0.376. The molecular weight excluding hydrogens is 222 g/mol. The number of pyridine rings is 1. The van der Waals surface area contributed by atoms with Crippen LogP contribution in [-0.2, 0) is 0 Å². The lowest BCUT2D eigenvalue weighted by atomic mass is 10.1. The molecule has 0 N–H and O–H groups in total. The van der Waals surface area contributed by atoms with Crippen LogP contribution in [0.4, 0.5) is 0 Å². The molecule has 0 atom stereocenters. The summed E-state index contributed by atoms with van der Waals surface area (Å²) in [6.45, 7) is 0. The summed E-state index contributed by atoms with van der Waals surface area (Å²) < 4.78 is 5.07. The zero-order valence-electron chi connectivity index (χ0n) is 9.06. The van der Waals surface area contributed by atoms with Gasteiger partial charge >= 0.3 is 0 Å². The molecule has 0 saturated heterocycles. The number of benzene rings is 1. The SMILES string of the molecule is COc1nc2cc(SC)ccc2cc1C=O. The molecule has 2 aromatic rings. The number of rotatable bonds is 3.